The molecule has 4 nitrogen and oxygen atoms in total. The van der Waals surface area contributed by atoms with Crippen LogP contribution in [0.3, 0.4) is 0 Å². The van der Waals surface area contributed by atoms with E-state index in [0.717, 1.165) is 10.0 Å². The summed E-state index contributed by atoms with van der Waals surface area (Å²) in [5.41, 5.74) is 1.79. The molecule has 0 spiro atoms. The quantitative estimate of drug-likeness (QED) is 0.898. The lowest BCUT2D eigenvalue weighted by Crippen LogP contribution is -2.13. The van der Waals surface area contributed by atoms with E-state index < -0.39 is 0 Å². The summed E-state index contributed by atoms with van der Waals surface area (Å²) < 4.78 is 5.93. The summed E-state index contributed by atoms with van der Waals surface area (Å²) in [6.07, 6.45) is 0. The molecule has 0 aromatic heterocycles. The number of para-hydroxylation sites is 1. The van der Waals surface area contributed by atoms with Crippen LogP contribution < -0.4 is 10.1 Å². The zero-order chi connectivity index (χ0) is 14.7. The molecule has 0 radical (unpaired) electrons. The molecule has 2 aromatic carbocycles. The van der Waals surface area contributed by atoms with Crippen LogP contribution in [-0.4, -0.2) is 18.1 Å². The number of phenols is 1. The van der Waals surface area contributed by atoms with Crippen LogP contribution in [0.4, 0.5) is 5.69 Å². The first-order chi connectivity index (χ1) is 9.52. The van der Waals surface area contributed by atoms with Crippen LogP contribution in [0.1, 0.15) is 15.9 Å². The highest BCUT2D eigenvalue weighted by molar-refractivity contribution is 9.10. The molecule has 0 atom stereocenters. The van der Waals surface area contributed by atoms with E-state index >= 15 is 0 Å². The number of aryl methyl sites for hydroxylation is 1. The lowest BCUT2D eigenvalue weighted by Gasteiger charge is -2.11. The van der Waals surface area contributed by atoms with Crippen molar-refractivity contribution in [3.05, 3.63) is 52.0 Å². The molecule has 0 aliphatic rings. The van der Waals surface area contributed by atoms with Crippen LogP contribution in [0.5, 0.6) is 11.5 Å². The molecule has 104 valence electrons. The maximum atomic E-state index is 12.2. The predicted molar refractivity (Wildman–Crippen MR) is 81.5 cm³/mol. The first-order valence-electron chi connectivity index (χ1n) is 5.96. The van der Waals surface area contributed by atoms with Gasteiger partial charge in [0, 0.05) is 10.2 Å². The number of halogens is 1. The summed E-state index contributed by atoms with van der Waals surface area (Å²) in [4.78, 5) is 12.2. The fourth-order valence-electron chi connectivity index (χ4n) is 1.83. The lowest BCUT2D eigenvalue weighted by molar-refractivity contribution is 0.102. The van der Waals surface area contributed by atoms with Crippen molar-refractivity contribution in [2.24, 2.45) is 0 Å². The van der Waals surface area contributed by atoms with Gasteiger partial charge in [-0.25, -0.2) is 0 Å². The SMILES string of the molecule is COc1cccc(C(=O)Nc2ccc(Br)cc2C)c1O. The van der Waals surface area contributed by atoms with Gasteiger partial charge in [0.1, 0.15) is 0 Å². The van der Waals surface area contributed by atoms with Gasteiger partial charge in [0.15, 0.2) is 11.5 Å². The molecule has 0 aliphatic carbocycles. The van der Waals surface area contributed by atoms with E-state index in [1.54, 1.807) is 24.3 Å². The summed E-state index contributed by atoms with van der Waals surface area (Å²) in [6, 6.07) is 10.3. The van der Waals surface area contributed by atoms with Crippen molar-refractivity contribution in [2.75, 3.05) is 12.4 Å². The minimum Gasteiger partial charge on any atom is -0.504 e. The van der Waals surface area contributed by atoms with Gasteiger partial charge >= 0.3 is 0 Å². The molecule has 2 rings (SSSR count). The second kappa shape index (κ2) is 5.96. The van der Waals surface area contributed by atoms with Gasteiger partial charge < -0.3 is 15.2 Å². The van der Waals surface area contributed by atoms with E-state index in [4.69, 9.17) is 4.74 Å². The van der Waals surface area contributed by atoms with Crippen LogP contribution in [0.15, 0.2) is 40.9 Å². The van der Waals surface area contributed by atoms with Crippen LogP contribution in [0.25, 0.3) is 0 Å². The van der Waals surface area contributed by atoms with Crippen molar-refractivity contribution in [3.63, 3.8) is 0 Å². The average Bonchev–Trinajstić information content (AvgIpc) is 2.42. The number of benzene rings is 2. The molecular formula is C15H14BrNO3. The zero-order valence-corrected chi connectivity index (χ0v) is 12.7. The summed E-state index contributed by atoms with van der Waals surface area (Å²) in [5.74, 6) is -0.278. The maximum Gasteiger partial charge on any atom is 0.259 e. The van der Waals surface area contributed by atoms with Crippen LogP contribution in [-0.2, 0) is 0 Å². The van der Waals surface area contributed by atoms with Gasteiger partial charge in [-0.3, -0.25) is 4.79 Å². The largest absolute Gasteiger partial charge is 0.504 e. The molecule has 0 bridgehead atoms. The maximum absolute atomic E-state index is 12.2. The Bertz CT molecular complexity index is 656. The van der Waals surface area contributed by atoms with Gasteiger partial charge in [-0.1, -0.05) is 22.0 Å². The van der Waals surface area contributed by atoms with Gasteiger partial charge in [0.05, 0.1) is 12.7 Å². The molecule has 0 fully saturated rings. The number of aromatic hydroxyl groups is 1. The first kappa shape index (κ1) is 14.4. The number of carbonyl (C=O) groups is 1. The van der Waals surface area contributed by atoms with Gasteiger partial charge in [-0.15, -0.1) is 0 Å². The molecule has 0 heterocycles. The Labute approximate surface area is 125 Å². The third-order valence-corrected chi connectivity index (χ3v) is 3.39. The summed E-state index contributed by atoms with van der Waals surface area (Å²) in [7, 11) is 1.44. The van der Waals surface area contributed by atoms with Crippen molar-refractivity contribution in [1.82, 2.24) is 0 Å². The summed E-state index contributed by atoms with van der Waals surface area (Å²) in [6.45, 7) is 1.89. The van der Waals surface area contributed by atoms with Crippen molar-refractivity contribution >= 4 is 27.5 Å². The van der Waals surface area contributed by atoms with Gasteiger partial charge in [0.25, 0.3) is 5.91 Å². The summed E-state index contributed by atoms with van der Waals surface area (Å²) in [5, 5.41) is 12.7. The Kier molecular flexibility index (Phi) is 4.29. The van der Waals surface area contributed by atoms with Gasteiger partial charge in [-0.05, 0) is 42.8 Å². The van der Waals surface area contributed by atoms with Gasteiger partial charge in [-0.2, -0.15) is 0 Å². The number of ether oxygens (including phenoxy) is 1. The first-order valence-corrected chi connectivity index (χ1v) is 6.75. The van der Waals surface area contributed by atoms with E-state index in [1.165, 1.54) is 7.11 Å². The fourth-order valence-corrected chi connectivity index (χ4v) is 2.30. The smallest absolute Gasteiger partial charge is 0.259 e. The highest BCUT2D eigenvalue weighted by Crippen LogP contribution is 2.30. The van der Waals surface area contributed by atoms with E-state index in [-0.39, 0.29) is 23.0 Å². The summed E-state index contributed by atoms with van der Waals surface area (Å²) >= 11 is 3.37. The van der Waals surface area contributed by atoms with E-state index in [1.807, 2.05) is 19.1 Å². The van der Waals surface area contributed by atoms with Crippen molar-refractivity contribution < 1.29 is 14.6 Å². The normalized spacial score (nSPS) is 10.2. The van der Waals surface area contributed by atoms with Crippen LogP contribution in [0.2, 0.25) is 0 Å². The van der Waals surface area contributed by atoms with E-state index in [0.29, 0.717) is 5.69 Å². The van der Waals surface area contributed by atoms with Crippen LogP contribution >= 0.6 is 15.9 Å². The minimum absolute atomic E-state index is 0.165. The van der Waals surface area contributed by atoms with E-state index in [2.05, 4.69) is 21.2 Å². The van der Waals surface area contributed by atoms with Gasteiger partial charge in [0.2, 0.25) is 0 Å². The van der Waals surface area contributed by atoms with Crippen molar-refractivity contribution in [2.45, 2.75) is 6.92 Å². The lowest BCUT2D eigenvalue weighted by atomic mass is 10.1. The number of nitrogens with one attached hydrogen (secondary N) is 1. The number of methoxy groups -OCH3 is 1. The standard InChI is InChI=1S/C15H14BrNO3/c1-9-8-10(16)6-7-12(9)17-15(19)11-4-3-5-13(20-2)14(11)18/h3-8,18H,1-2H3,(H,17,19). The molecule has 0 unspecified atom stereocenters. The van der Waals surface area contributed by atoms with Crippen molar-refractivity contribution in [1.29, 1.82) is 0 Å². The Hall–Kier alpha value is -2.01. The number of amides is 1. The Balaban J connectivity index is 2.28. The molecule has 1 amide bonds. The third kappa shape index (κ3) is 2.93. The topological polar surface area (TPSA) is 58.6 Å². The molecule has 2 aromatic rings. The highest BCUT2D eigenvalue weighted by atomic mass is 79.9. The molecule has 5 heteroatoms. The monoisotopic (exact) mass is 335 g/mol. The number of hydrogen-bond donors (Lipinski definition) is 2. The minimum atomic E-state index is -0.383. The average molecular weight is 336 g/mol. The van der Waals surface area contributed by atoms with Crippen LogP contribution in [0, 0.1) is 6.92 Å². The third-order valence-electron chi connectivity index (χ3n) is 2.90. The number of hydrogen-bond acceptors (Lipinski definition) is 3. The number of phenolic OH excluding ortho intramolecular Hbond substituents is 1. The predicted octanol–water partition coefficient (Wildman–Crippen LogP) is 3.72. The molecule has 2 N–H and O–H groups in total. The second-order valence-electron chi connectivity index (χ2n) is 4.27. The number of rotatable bonds is 3. The molecule has 0 saturated heterocycles. The fraction of sp³-hybridized carbons (Fsp3) is 0.133. The number of carbonyl (C=O) groups excluding carboxylic acids is 1. The molecule has 0 saturated carbocycles. The Morgan fingerprint density at radius 2 is 2.05 bits per heavy atom. The number of anilines is 1. The zero-order valence-electron chi connectivity index (χ0n) is 11.1. The Morgan fingerprint density at radius 3 is 2.70 bits per heavy atom. The molecule has 0 aliphatic heterocycles. The second-order valence-corrected chi connectivity index (χ2v) is 5.19. The van der Waals surface area contributed by atoms with E-state index in [9.17, 15) is 9.90 Å². The molecule has 20 heavy (non-hydrogen) atoms. The highest BCUT2D eigenvalue weighted by Gasteiger charge is 2.15. The Morgan fingerprint density at radius 1 is 1.30 bits per heavy atom. The van der Waals surface area contributed by atoms with Crippen molar-refractivity contribution in [3.8, 4) is 11.5 Å². The molecular weight excluding hydrogens is 322 g/mol.